The predicted molar refractivity (Wildman–Crippen MR) is 70.3 cm³/mol. The molecule has 0 aromatic carbocycles. The van der Waals surface area contributed by atoms with Gasteiger partial charge in [-0.2, -0.15) is 11.8 Å². The van der Waals surface area contributed by atoms with Crippen LogP contribution in [0.5, 0.6) is 0 Å². The van der Waals surface area contributed by atoms with Crippen molar-refractivity contribution >= 4 is 17.7 Å². The molecule has 2 rings (SSSR count). The molecule has 0 aromatic rings. The number of amides is 1. The van der Waals surface area contributed by atoms with E-state index in [-0.39, 0.29) is 5.91 Å². The highest BCUT2D eigenvalue weighted by Gasteiger charge is 2.17. The molecule has 5 heteroatoms. The lowest BCUT2D eigenvalue weighted by atomic mass is 10.1. The first-order valence-corrected chi connectivity index (χ1v) is 7.68. The van der Waals surface area contributed by atoms with Crippen molar-refractivity contribution in [1.82, 2.24) is 10.6 Å². The van der Waals surface area contributed by atoms with Crippen LogP contribution < -0.4 is 10.6 Å². The van der Waals surface area contributed by atoms with Crippen LogP contribution in [0.4, 0.5) is 0 Å². The normalized spacial score (nSPS) is 23.5. The monoisotopic (exact) mass is 258 g/mol. The summed E-state index contributed by atoms with van der Waals surface area (Å²) in [6.07, 6.45) is 4.28. The van der Waals surface area contributed by atoms with Crippen molar-refractivity contribution in [3.8, 4) is 0 Å². The number of carbonyl (C=O) groups is 1. The lowest BCUT2D eigenvalue weighted by molar-refractivity contribution is -0.121. The summed E-state index contributed by atoms with van der Waals surface area (Å²) in [5, 5.41) is 6.43. The van der Waals surface area contributed by atoms with Gasteiger partial charge in [-0.1, -0.05) is 0 Å². The molecule has 1 amide bonds. The van der Waals surface area contributed by atoms with Crippen molar-refractivity contribution in [2.75, 3.05) is 31.3 Å². The molecule has 2 fully saturated rings. The standard InChI is InChI=1S/C12H22N2O2S/c15-12(14-11-1-5-16-6-2-11)9-13-10-3-7-17-8-4-10/h10-11,13H,1-9H2,(H,14,15). The molecule has 0 spiro atoms. The number of nitrogens with one attached hydrogen (secondary N) is 2. The second-order valence-electron chi connectivity index (χ2n) is 4.72. The maximum Gasteiger partial charge on any atom is 0.234 e. The Kier molecular flexibility index (Phi) is 5.61. The van der Waals surface area contributed by atoms with E-state index in [1.54, 1.807) is 0 Å². The molecule has 0 aromatic heterocycles. The third-order valence-corrected chi connectivity index (χ3v) is 4.41. The Bertz CT molecular complexity index is 239. The summed E-state index contributed by atoms with van der Waals surface area (Å²) in [7, 11) is 0. The van der Waals surface area contributed by atoms with Crippen molar-refractivity contribution in [2.24, 2.45) is 0 Å². The number of ether oxygens (including phenoxy) is 1. The van der Waals surface area contributed by atoms with E-state index in [0.717, 1.165) is 26.1 Å². The number of hydrogen-bond donors (Lipinski definition) is 2. The van der Waals surface area contributed by atoms with Gasteiger partial charge in [-0.3, -0.25) is 4.79 Å². The molecule has 2 aliphatic heterocycles. The van der Waals surface area contributed by atoms with Gasteiger partial charge < -0.3 is 15.4 Å². The Morgan fingerprint density at radius 2 is 1.82 bits per heavy atom. The minimum atomic E-state index is 0.134. The van der Waals surface area contributed by atoms with Crippen LogP contribution in [0.1, 0.15) is 25.7 Å². The summed E-state index contributed by atoms with van der Waals surface area (Å²) >= 11 is 2.01. The first-order valence-electron chi connectivity index (χ1n) is 6.53. The number of thioether (sulfide) groups is 1. The molecule has 0 aliphatic carbocycles. The van der Waals surface area contributed by atoms with Gasteiger partial charge in [0.25, 0.3) is 0 Å². The molecular weight excluding hydrogens is 236 g/mol. The van der Waals surface area contributed by atoms with Crippen LogP contribution >= 0.6 is 11.8 Å². The highest BCUT2D eigenvalue weighted by atomic mass is 32.2. The summed E-state index contributed by atoms with van der Waals surface area (Å²) < 4.78 is 5.27. The number of rotatable bonds is 4. The fourth-order valence-electron chi connectivity index (χ4n) is 2.26. The van der Waals surface area contributed by atoms with Gasteiger partial charge in [-0.25, -0.2) is 0 Å². The average molecular weight is 258 g/mol. The van der Waals surface area contributed by atoms with E-state index in [1.807, 2.05) is 11.8 Å². The summed E-state index contributed by atoms with van der Waals surface area (Å²) in [5.74, 6) is 2.58. The lowest BCUT2D eigenvalue weighted by Crippen LogP contribution is -2.45. The number of carbonyl (C=O) groups excluding carboxylic acids is 1. The zero-order chi connectivity index (χ0) is 11.9. The molecule has 0 saturated carbocycles. The quantitative estimate of drug-likeness (QED) is 0.782. The molecule has 4 nitrogen and oxygen atoms in total. The van der Waals surface area contributed by atoms with Gasteiger partial charge >= 0.3 is 0 Å². The molecule has 2 heterocycles. The fourth-order valence-corrected chi connectivity index (χ4v) is 3.37. The van der Waals surface area contributed by atoms with Crippen LogP contribution in [-0.4, -0.2) is 49.3 Å². The fraction of sp³-hybridized carbons (Fsp3) is 0.917. The second kappa shape index (κ2) is 7.24. The lowest BCUT2D eigenvalue weighted by Gasteiger charge is -2.25. The Hall–Kier alpha value is -0.260. The molecule has 2 aliphatic rings. The Morgan fingerprint density at radius 3 is 2.53 bits per heavy atom. The highest BCUT2D eigenvalue weighted by Crippen LogP contribution is 2.16. The molecule has 0 radical (unpaired) electrons. The third-order valence-electron chi connectivity index (χ3n) is 3.36. The summed E-state index contributed by atoms with van der Waals surface area (Å²) in [4.78, 5) is 11.7. The minimum absolute atomic E-state index is 0.134. The minimum Gasteiger partial charge on any atom is -0.381 e. The van der Waals surface area contributed by atoms with E-state index in [0.29, 0.717) is 18.6 Å². The Labute approximate surface area is 107 Å². The van der Waals surface area contributed by atoms with E-state index in [9.17, 15) is 4.79 Å². The summed E-state index contributed by atoms with van der Waals surface area (Å²) in [5.41, 5.74) is 0. The van der Waals surface area contributed by atoms with Crippen LogP contribution in [0.25, 0.3) is 0 Å². The van der Waals surface area contributed by atoms with Crippen LogP contribution in [0, 0.1) is 0 Å². The van der Waals surface area contributed by atoms with Crippen LogP contribution in [0.3, 0.4) is 0 Å². The van der Waals surface area contributed by atoms with Crippen LogP contribution in [0.15, 0.2) is 0 Å². The second-order valence-corrected chi connectivity index (χ2v) is 5.95. The van der Waals surface area contributed by atoms with E-state index in [1.165, 1.54) is 24.3 Å². The maximum absolute atomic E-state index is 11.7. The molecular formula is C12H22N2O2S. The average Bonchev–Trinajstić information content (AvgIpc) is 2.39. The smallest absolute Gasteiger partial charge is 0.234 e. The van der Waals surface area contributed by atoms with Crippen molar-refractivity contribution in [3.05, 3.63) is 0 Å². The third kappa shape index (κ3) is 4.85. The van der Waals surface area contributed by atoms with E-state index < -0.39 is 0 Å². The summed E-state index contributed by atoms with van der Waals surface area (Å²) in [6.45, 7) is 2.02. The van der Waals surface area contributed by atoms with Gasteiger partial charge in [0.1, 0.15) is 0 Å². The van der Waals surface area contributed by atoms with Crippen molar-refractivity contribution < 1.29 is 9.53 Å². The van der Waals surface area contributed by atoms with Crippen LogP contribution in [-0.2, 0) is 9.53 Å². The SMILES string of the molecule is O=C(CNC1CCSCC1)NC1CCOCC1. The van der Waals surface area contributed by atoms with Crippen LogP contribution in [0.2, 0.25) is 0 Å². The van der Waals surface area contributed by atoms with Gasteiger partial charge in [-0.05, 0) is 37.2 Å². The van der Waals surface area contributed by atoms with Gasteiger partial charge in [0.15, 0.2) is 0 Å². The predicted octanol–water partition coefficient (Wildman–Crippen LogP) is 0.767. The number of hydrogen-bond acceptors (Lipinski definition) is 4. The van der Waals surface area contributed by atoms with E-state index in [4.69, 9.17) is 4.74 Å². The Balaban J connectivity index is 1.59. The molecule has 0 bridgehead atoms. The first-order chi connectivity index (χ1) is 8.34. The molecule has 0 atom stereocenters. The van der Waals surface area contributed by atoms with Crippen molar-refractivity contribution in [3.63, 3.8) is 0 Å². The largest absolute Gasteiger partial charge is 0.381 e. The van der Waals surface area contributed by atoms with Gasteiger partial charge in [0.2, 0.25) is 5.91 Å². The van der Waals surface area contributed by atoms with Crippen molar-refractivity contribution in [1.29, 1.82) is 0 Å². The molecule has 2 saturated heterocycles. The molecule has 17 heavy (non-hydrogen) atoms. The van der Waals surface area contributed by atoms with E-state index >= 15 is 0 Å². The maximum atomic E-state index is 11.7. The Morgan fingerprint density at radius 1 is 1.12 bits per heavy atom. The zero-order valence-electron chi connectivity index (χ0n) is 10.2. The van der Waals surface area contributed by atoms with Gasteiger partial charge in [0.05, 0.1) is 6.54 Å². The highest BCUT2D eigenvalue weighted by molar-refractivity contribution is 7.99. The zero-order valence-corrected chi connectivity index (χ0v) is 11.1. The van der Waals surface area contributed by atoms with Crippen molar-refractivity contribution in [2.45, 2.75) is 37.8 Å². The summed E-state index contributed by atoms with van der Waals surface area (Å²) in [6, 6.07) is 0.858. The van der Waals surface area contributed by atoms with Gasteiger partial charge in [0, 0.05) is 25.3 Å². The molecule has 2 N–H and O–H groups in total. The van der Waals surface area contributed by atoms with E-state index in [2.05, 4.69) is 10.6 Å². The van der Waals surface area contributed by atoms with Gasteiger partial charge in [-0.15, -0.1) is 0 Å². The topological polar surface area (TPSA) is 50.4 Å². The molecule has 0 unspecified atom stereocenters. The molecule has 98 valence electrons. The first kappa shape index (κ1) is 13.2.